The van der Waals surface area contributed by atoms with Gasteiger partial charge in [-0.3, -0.25) is 0 Å². The highest BCUT2D eigenvalue weighted by Crippen LogP contribution is 2.33. The molecule has 0 saturated carbocycles. The van der Waals surface area contributed by atoms with Gasteiger partial charge < -0.3 is 10.6 Å². The van der Waals surface area contributed by atoms with Gasteiger partial charge in [-0.25, -0.2) is 0 Å². The zero-order chi connectivity index (χ0) is 9.26. The lowest BCUT2D eigenvalue weighted by atomic mass is 9.86. The molecular weight excluding hydrogens is 160 g/mol. The summed E-state index contributed by atoms with van der Waals surface area (Å²) in [6.07, 6.45) is 7.99. The quantitative estimate of drug-likeness (QED) is 0.664. The van der Waals surface area contributed by atoms with Crippen LogP contribution in [0.15, 0.2) is 23.5 Å². The Hall–Kier alpha value is -0.920. The van der Waals surface area contributed by atoms with Crippen LogP contribution in [-0.2, 0) is 0 Å². The summed E-state index contributed by atoms with van der Waals surface area (Å²) < 4.78 is 0. The SMILES string of the molecule is CCN1CCCC2CC(N)=CC=C21. The van der Waals surface area contributed by atoms with Gasteiger partial charge in [-0.1, -0.05) is 0 Å². The molecule has 0 radical (unpaired) electrons. The molecule has 2 N–H and O–H groups in total. The zero-order valence-corrected chi connectivity index (χ0v) is 8.29. The Kier molecular flexibility index (Phi) is 2.30. The Morgan fingerprint density at radius 3 is 3.15 bits per heavy atom. The van der Waals surface area contributed by atoms with E-state index in [1.165, 1.54) is 25.1 Å². The van der Waals surface area contributed by atoms with Gasteiger partial charge >= 0.3 is 0 Å². The lowest BCUT2D eigenvalue weighted by Crippen LogP contribution is -2.34. The number of fused-ring (bicyclic) bond motifs is 1. The molecule has 13 heavy (non-hydrogen) atoms. The lowest BCUT2D eigenvalue weighted by molar-refractivity contribution is 0.247. The molecule has 1 unspecified atom stereocenters. The van der Waals surface area contributed by atoms with Crippen molar-refractivity contribution in [2.24, 2.45) is 11.7 Å². The van der Waals surface area contributed by atoms with E-state index in [9.17, 15) is 0 Å². The average molecular weight is 178 g/mol. The van der Waals surface area contributed by atoms with E-state index in [1.54, 1.807) is 0 Å². The third-order valence-electron chi connectivity index (χ3n) is 3.10. The van der Waals surface area contributed by atoms with Crippen LogP contribution < -0.4 is 5.73 Å². The van der Waals surface area contributed by atoms with Crippen LogP contribution in [0.3, 0.4) is 0 Å². The maximum atomic E-state index is 5.83. The van der Waals surface area contributed by atoms with Crippen LogP contribution >= 0.6 is 0 Å². The first kappa shape index (κ1) is 8.67. The molecule has 2 rings (SSSR count). The normalized spacial score (nSPS) is 27.8. The van der Waals surface area contributed by atoms with Gasteiger partial charge in [0, 0.05) is 30.4 Å². The van der Waals surface area contributed by atoms with Gasteiger partial charge in [0.1, 0.15) is 0 Å². The fourth-order valence-electron chi connectivity index (χ4n) is 2.40. The molecule has 1 heterocycles. The summed E-state index contributed by atoms with van der Waals surface area (Å²) in [7, 11) is 0. The highest BCUT2D eigenvalue weighted by molar-refractivity contribution is 5.25. The molecule has 0 amide bonds. The van der Waals surface area contributed by atoms with Gasteiger partial charge in [-0.05, 0) is 38.3 Å². The predicted octanol–water partition coefficient (Wildman–Crippen LogP) is 1.85. The largest absolute Gasteiger partial charge is 0.402 e. The summed E-state index contributed by atoms with van der Waals surface area (Å²) in [6, 6.07) is 0. The van der Waals surface area contributed by atoms with Crippen molar-refractivity contribution < 1.29 is 0 Å². The van der Waals surface area contributed by atoms with Crippen LogP contribution in [0.1, 0.15) is 26.2 Å². The van der Waals surface area contributed by atoms with Crippen LogP contribution in [0, 0.1) is 5.92 Å². The van der Waals surface area contributed by atoms with Crippen molar-refractivity contribution >= 4 is 0 Å². The summed E-state index contributed by atoms with van der Waals surface area (Å²) in [5, 5.41) is 0. The maximum Gasteiger partial charge on any atom is 0.0175 e. The fraction of sp³-hybridized carbons (Fsp3) is 0.636. The molecule has 2 heteroatoms. The van der Waals surface area contributed by atoms with Crippen molar-refractivity contribution in [2.45, 2.75) is 26.2 Å². The molecule has 1 atom stereocenters. The molecule has 72 valence electrons. The monoisotopic (exact) mass is 178 g/mol. The second kappa shape index (κ2) is 3.44. The maximum absolute atomic E-state index is 5.83. The minimum absolute atomic E-state index is 0.707. The molecule has 1 saturated heterocycles. The van der Waals surface area contributed by atoms with Crippen molar-refractivity contribution in [3.8, 4) is 0 Å². The zero-order valence-electron chi connectivity index (χ0n) is 8.29. The molecule has 2 nitrogen and oxygen atoms in total. The van der Waals surface area contributed by atoms with E-state index in [1.807, 2.05) is 0 Å². The molecule has 0 aromatic rings. The highest BCUT2D eigenvalue weighted by atomic mass is 15.1. The van der Waals surface area contributed by atoms with Gasteiger partial charge in [0.15, 0.2) is 0 Å². The Bertz CT molecular complexity index is 245. The Labute approximate surface area is 80.1 Å². The number of piperidine rings is 1. The topological polar surface area (TPSA) is 29.3 Å². The van der Waals surface area contributed by atoms with Crippen molar-refractivity contribution in [1.82, 2.24) is 4.90 Å². The first-order valence-corrected chi connectivity index (χ1v) is 5.22. The fourth-order valence-corrected chi connectivity index (χ4v) is 2.40. The van der Waals surface area contributed by atoms with Crippen LogP contribution in [0.5, 0.6) is 0 Å². The number of nitrogens with two attached hydrogens (primary N) is 1. The highest BCUT2D eigenvalue weighted by Gasteiger charge is 2.25. The summed E-state index contributed by atoms with van der Waals surface area (Å²) in [6.45, 7) is 4.59. The average Bonchev–Trinajstić information content (AvgIpc) is 2.16. The molecule has 0 aromatic heterocycles. The molecule has 0 bridgehead atoms. The third-order valence-corrected chi connectivity index (χ3v) is 3.10. The molecule has 0 aromatic carbocycles. The Balaban J connectivity index is 2.20. The van der Waals surface area contributed by atoms with Gasteiger partial charge in [-0.15, -0.1) is 0 Å². The van der Waals surface area contributed by atoms with E-state index < -0.39 is 0 Å². The minimum atomic E-state index is 0.707. The van der Waals surface area contributed by atoms with Crippen molar-refractivity contribution in [2.75, 3.05) is 13.1 Å². The number of allylic oxidation sites excluding steroid dienone is 4. The third kappa shape index (κ3) is 1.58. The minimum Gasteiger partial charge on any atom is -0.402 e. The Morgan fingerprint density at radius 1 is 1.54 bits per heavy atom. The number of hydrogen-bond donors (Lipinski definition) is 1. The van der Waals surface area contributed by atoms with E-state index in [2.05, 4.69) is 24.0 Å². The predicted molar refractivity (Wildman–Crippen MR) is 54.9 cm³/mol. The Morgan fingerprint density at radius 2 is 2.38 bits per heavy atom. The van der Waals surface area contributed by atoms with Gasteiger partial charge in [0.25, 0.3) is 0 Å². The molecule has 2 aliphatic rings. The van der Waals surface area contributed by atoms with E-state index >= 15 is 0 Å². The summed E-state index contributed by atoms with van der Waals surface area (Å²) in [4.78, 5) is 2.48. The van der Waals surface area contributed by atoms with Crippen LogP contribution in [-0.4, -0.2) is 18.0 Å². The summed E-state index contributed by atoms with van der Waals surface area (Å²) >= 11 is 0. The van der Waals surface area contributed by atoms with Crippen molar-refractivity contribution in [1.29, 1.82) is 0 Å². The summed E-state index contributed by atoms with van der Waals surface area (Å²) in [5.41, 5.74) is 8.39. The standard InChI is InChI=1S/C11H18N2/c1-2-13-7-3-4-9-8-10(12)5-6-11(9)13/h5-6,9H,2-4,7-8,12H2,1H3. The summed E-state index contributed by atoms with van der Waals surface area (Å²) in [5.74, 6) is 0.707. The van der Waals surface area contributed by atoms with Crippen molar-refractivity contribution in [3.05, 3.63) is 23.5 Å². The molecule has 1 aliphatic heterocycles. The van der Waals surface area contributed by atoms with E-state index in [-0.39, 0.29) is 0 Å². The number of likely N-dealkylation sites (tertiary alicyclic amines) is 1. The lowest BCUT2D eigenvalue weighted by Gasteiger charge is -2.38. The first-order valence-electron chi connectivity index (χ1n) is 5.22. The van der Waals surface area contributed by atoms with Crippen molar-refractivity contribution in [3.63, 3.8) is 0 Å². The molecule has 0 spiro atoms. The molecular formula is C11H18N2. The first-order chi connectivity index (χ1) is 6.31. The molecule has 1 aliphatic carbocycles. The second-order valence-electron chi connectivity index (χ2n) is 3.96. The number of hydrogen-bond acceptors (Lipinski definition) is 2. The van der Waals surface area contributed by atoms with Crippen LogP contribution in [0.4, 0.5) is 0 Å². The van der Waals surface area contributed by atoms with Crippen LogP contribution in [0.25, 0.3) is 0 Å². The second-order valence-corrected chi connectivity index (χ2v) is 3.96. The van der Waals surface area contributed by atoms with Gasteiger partial charge in [0.05, 0.1) is 0 Å². The number of rotatable bonds is 1. The van der Waals surface area contributed by atoms with Gasteiger partial charge in [0.2, 0.25) is 0 Å². The van der Waals surface area contributed by atoms with E-state index in [0.717, 1.165) is 18.7 Å². The number of nitrogens with zero attached hydrogens (tertiary/aromatic N) is 1. The smallest absolute Gasteiger partial charge is 0.0175 e. The molecule has 1 fully saturated rings. The van der Waals surface area contributed by atoms with Gasteiger partial charge in [-0.2, -0.15) is 0 Å². The van der Waals surface area contributed by atoms with Crippen LogP contribution in [0.2, 0.25) is 0 Å². The van der Waals surface area contributed by atoms with E-state index in [0.29, 0.717) is 5.92 Å². The van der Waals surface area contributed by atoms with E-state index in [4.69, 9.17) is 5.73 Å².